The van der Waals surface area contributed by atoms with Crippen LogP contribution in [0.15, 0.2) is 4.52 Å². The first kappa shape index (κ1) is 9.90. The van der Waals surface area contributed by atoms with E-state index in [1.54, 1.807) is 0 Å². The van der Waals surface area contributed by atoms with Crippen molar-refractivity contribution in [3.63, 3.8) is 0 Å². The largest absolute Gasteiger partial charge is 0.354 e. The number of rotatable bonds is 3. The van der Waals surface area contributed by atoms with Gasteiger partial charge in [0, 0.05) is 18.5 Å². The number of hydrogen-bond acceptors (Lipinski definition) is 4. The molecule has 14 heavy (non-hydrogen) atoms. The van der Waals surface area contributed by atoms with Crippen LogP contribution in [0.5, 0.6) is 0 Å². The van der Waals surface area contributed by atoms with Gasteiger partial charge in [-0.15, -0.1) is 0 Å². The maximum Gasteiger partial charge on any atom is 0.228 e. The molecule has 4 heteroatoms. The van der Waals surface area contributed by atoms with E-state index in [1.165, 1.54) is 18.4 Å². The molecule has 2 heterocycles. The summed E-state index contributed by atoms with van der Waals surface area (Å²) >= 11 is 1.85. The van der Waals surface area contributed by atoms with Crippen LogP contribution in [-0.2, 0) is 12.8 Å². The quantitative estimate of drug-likeness (QED) is 0.834. The lowest BCUT2D eigenvalue weighted by Gasteiger charge is -1.98. The highest BCUT2D eigenvalue weighted by molar-refractivity contribution is 7.98. The van der Waals surface area contributed by atoms with Crippen molar-refractivity contribution in [3.8, 4) is 0 Å². The molecule has 0 aromatic carbocycles. The normalized spacial score (nSPS) is 15.8. The van der Waals surface area contributed by atoms with Gasteiger partial charge in [0.2, 0.25) is 5.88 Å². The Labute approximate surface area is 88.6 Å². The molecule has 0 radical (unpaired) electrons. The van der Waals surface area contributed by atoms with Crippen molar-refractivity contribution in [3.05, 3.63) is 11.3 Å². The van der Waals surface area contributed by atoms with Crippen LogP contribution >= 0.6 is 11.8 Å². The van der Waals surface area contributed by atoms with Crippen molar-refractivity contribution in [1.82, 2.24) is 5.16 Å². The first-order valence-electron chi connectivity index (χ1n) is 5.12. The Balaban J connectivity index is 2.12. The molecular formula is C10H16N2OS. The average Bonchev–Trinajstić information content (AvgIpc) is 2.45. The second-order valence-corrected chi connectivity index (χ2v) is 4.55. The highest BCUT2D eigenvalue weighted by atomic mass is 32.2. The summed E-state index contributed by atoms with van der Waals surface area (Å²) in [6.07, 6.45) is 6.74. The Kier molecular flexibility index (Phi) is 3.35. The summed E-state index contributed by atoms with van der Waals surface area (Å²) in [6.45, 7) is 1.02. The van der Waals surface area contributed by atoms with Crippen LogP contribution in [0.2, 0.25) is 0 Å². The van der Waals surface area contributed by atoms with Crippen LogP contribution in [-0.4, -0.2) is 23.7 Å². The standard InChI is InChI=1S/C10H16N2OS/c1-14-7-5-9-8-4-2-3-6-11-10(8)13-12-9/h11H,2-7H2,1H3. The van der Waals surface area contributed by atoms with E-state index in [0.29, 0.717) is 0 Å². The molecule has 0 bridgehead atoms. The van der Waals surface area contributed by atoms with Crippen molar-refractivity contribution >= 4 is 17.6 Å². The number of hydrogen-bond donors (Lipinski definition) is 1. The van der Waals surface area contributed by atoms with Crippen molar-refractivity contribution in [1.29, 1.82) is 0 Å². The summed E-state index contributed by atoms with van der Waals surface area (Å²) in [4.78, 5) is 0. The summed E-state index contributed by atoms with van der Waals surface area (Å²) < 4.78 is 5.29. The van der Waals surface area contributed by atoms with Gasteiger partial charge in [0.1, 0.15) is 0 Å². The maximum atomic E-state index is 5.29. The minimum absolute atomic E-state index is 0.915. The van der Waals surface area contributed by atoms with Gasteiger partial charge in [-0.1, -0.05) is 5.16 Å². The van der Waals surface area contributed by atoms with E-state index in [0.717, 1.165) is 36.7 Å². The molecule has 0 atom stereocenters. The van der Waals surface area contributed by atoms with E-state index in [2.05, 4.69) is 16.7 Å². The molecule has 0 fully saturated rings. The van der Waals surface area contributed by atoms with Gasteiger partial charge >= 0.3 is 0 Å². The molecule has 0 amide bonds. The van der Waals surface area contributed by atoms with Crippen LogP contribution in [0.1, 0.15) is 24.1 Å². The molecule has 2 rings (SSSR count). The zero-order valence-corrected chi connectivity index (χ0v) is 9.32. The van der Waals surface area contributed by atoms with Crippen LogP contribution in [0, 0.1) is 0 Å². The van der Waals surface area contributed by atoms with Crippen LogP contribution in [0.3, 0.4) is 0 Å². The van der Waals surface area contributed by atoms with Gasteiger partial charge in [-0.3, -0.25) is 0 Å². The first-order valence-corrected chi connectivity index (χ1v) is 6.51. The number of aromatic nitrogens is 1. The predicted octanol–water partition coefficient (Wildman–Crippen LogP) is 2.33. The maximum absolute atomic E-state index is 5.29. The molecule has 0 spiro atoms. The van der Waals surface area contributed by atoms with Crippen LogP contribution < -0.4 is 5.32 Å². The van der Waals surface area contributed by atoms with Crippen LogP contribution in [0.25, 0.3) is 0 Å². The Bertz CT molecular complexity index is 298. The minimum Gasteiger partial charge on any atom is -0.354 e. The highest BCUT2D eigenvalue weighted by Crippen LogP contribution is 2.25. The van der Waals surface area contributed by atoms with E-state index in [-0.39, 0.29) is 0 Å². The molecule has 0 unspecified atom stereocenters. The fraction of sp³-hybridized carbons (Fsp3) is 0.700. The predicted molar refractivity (Wildman–Crippen MR) is 60.0 cm³/mol. The Morgan fingerprint density at radius 3 is 3.29 bits per heavy atom. The molecule has 1 aliphatic heterocycles. The number of nitrogens with zero attached hydrogens (tertiary/aromatic N) is 1. The van der Waals surface area contributed by atoms with Gasteiger partial charge < -0.3 is 9.84 Å². The minimum atomic E-state index is 0.915. The van der Waals surface area contributed by atoms with Crippen molar-refractivity contribution < 1.29 is 4.52 Å². The van der Waals surface area contributed by atoms with Gasteiger partial charge in [0.05, 0.1) is 5.69 Å². The fourth-order valence-corrected chi connectivity index (χ4v) is 2.16. The van der Waals surface area contributed by atoms with Crippen molar-refractivity contribution in [2.45, 2.75) is 25.7 Å². The molecule has 1 N–H and O–H groups in total. The van der Waals surface area contributed by atoms with Crippen molar-refractivity contribution in [2.24, 2.45) is 0 Å². The Morgan fingerprint density at radius 1 is 1.50 bits per heavy atom. The lowest BCUT2D eigenvalue weighted by Crippen LogP contribution is -1.97. The molecule has 1 aromatic rings. The lowest BCUT2D eigenvalue weighted by molar-refractivity contribution is 0.424. The molecule has 0 saturated carbocycles. The monoisotopic (exact) mass is 212 g/mol. The molecule has 3 nitrogen and oxygen atoms in total. The summed E-state index contributed by atoms with van der Waals surface area (Å²) in [7, 11) is 0. The van der Waals surface area contributed by atoms with Gasteiger partial charge in [-0.25, -0.2) is 0 Å². The molecule has 78 valence electrons. The van der Waals surface area contributed by atoms with E-state index in [1.807, 2.05) is 11.8 Å². The molecule has 1 aliphatic rings. The van der Waals surface area contributed by atoms with Crippen molar-refractivity contribution in [2.75, 3.05) is 23.9 Å². The lowest BCUT2D eigenvalue weighted by atomic mass is 10.1. The third kappa shape index (κ3) is 2.05. The Hall–Kier alpha value is -0.640. The second-order valence-electron chi connectivity index (χ2n) is 3.56. The third-order valence-electron chi connectivity index (χ3n) is 2.55. The zero-order valence-electron chi connectivity index (χ0n) is 8.51. The second kappa shape index (κ2) is 4.73. The van der Waals surface area contributed by atoms with Gasteiger partial charge in [0.25, 0.3) is 0 Å². The highest BCUT2D eigenvalue weighted by Gasteiger charge is 2.17. The Morgan fingerprint density at radius 2 is 2.43 bits per heavy atom. The van der Waals surface area contributed by atoms with Crippen LogP contribution in [0.4, 0.5) is 5.88 Å². The first-order chi connectivity index (χ1) is 6.92. The van der Waals surface area contributed by atoms with Gasteiger partial charge in [-0.2, -0.15) is 11.8 Å². The van der Waals surface area contributed by atoms with Gasteiger partial charge in [-0.05, 0) is 31.3 Å². The number of anilines is 1. The number of thioether (sulfide) groups is 1. The van der Waals surface area contributed by atoms with E-state index in [9.17, 15) is 0 Å². The summed E-state index contributed by atoms with van der Waals surface area (Å²) in [6, 6.07) is 0. The van der Waals surface area contributed by atoms with E-state index < -0.39 is 0 Å². The summed E-state index contributed by atoms with van der Waals surface area (Å²) in [5.41, 5.74) is 2.47. The molecule has 0 aliphatic carbocycles. The molecule has 0 saturated heterocycles. The topological polar surface area (TPSA) is 38.1 Å². The average molecular weight is 212 g/mol. The van der Waals surface area contributed by atoms with Gasteiger partial charge in [0.15, 0.2) is 0 Å². The van der Waals surface area contributed by atoms with E-state index >= 15 is 0 Å². The summed E-state index contributed by atoms with van der Waals surface area (Å²) in [5.74, 6) is 2.04. The smallest absolute Gasteiger partial charge is 0.228 e. The number of aryl methyl sites for hydroxylation is 1. The molecule has 1 aromatic heterocycles. The van der Waals surface area contributed by atoms with E-state index in [4.69, 9.17) is 4.52 Å². The number of nitrogens with one attached hydrogen (secondary N) is 1. The zero-order chi connectivity index (χ0) is 9.80. The summed E-state index contributed by atoms with van der Waals surface area (Å²) in [5, 5.41) is 7.41. The molecular weight excluding hydrogens is 196 g/mol. The number of fused-ring (bicyclic) bond motifs is 1. The third-order valence-corrected chi connectivity index (χ3v) is 3.16. The SMILES string of the molecule is CSCCc1noc2c1CCCCN2. The fourth-order valence-electron chi connectivity index (χ4n) is 1.76.